The molecule has 0 atom stereocenters. The number of nitrogens with one attached hydrogen (secondary N) is 3. The summed E-state index contributed by atoms with van der Waals surface area (Å²) in [5.41, 5.74) is 3.58. The topological polar surface area (TPSA) is 233 Å². The second kappa shape index (κ2) is 16.6. The average Bonchev–Trinajstić information content (AvgIpc) is 3.06. The highest BCUT2D eigenvalue weighted by atomic mass is 35.5. The van der Waals surface area contributed by atoms with E-state index in [1.54, 1.807) is 56.3 Å². The van der Waals surface area contributed by atoms with Gasteiger partial charge >= 0.3 is 0 Å². The zero-order chi connectivity index (χ0) is 38.5. The van der Waals surface area contributed by atoms with Crippen LogP contribution in [0.5, 0.6) is 0 Å². The summed E-state index contributed by atoms with van der Waals surface area (Å²) in [7, 11) is -8.87. The summed E-state index contributed by atoms with van der Waals surface area (Å²) in [5.74, 6) is -0.593. The van der Waals surface area contributed by atoms with Crippen LogP contribution in [0.2, 0.25) is 20.1 Å². The van der Waals surface area contributed by atoms with E-state index in [2.05, 4.69) is 51.4 Å². The van der Waals surface area contributed by atoms with Crippen LogP contribution in [-0.2, 0) is 20.2 Å². The second-order valence-corrected chi connectivity index (χ2v) is 15.6. The van der Waals surface area contributed by atoms with Gasteiger partial charge in [0.15, 0.2) is 0 Å². The Hall–Kier alpha value is -4.53. The van der Waals surface area contributed by atoms with Crippen LogP contribution >= 0.6 is 46.4 Å². The molecule has 0 unspecified atom stereocenters. The molecule has 4 aromatic carbocycles. The molecule has 0 bridgehead atoms. The molecule has 1 heterocycles. The van der Waals surface area contributed by atoms with E-state index in [1.165, 1.54) is 18.2 Å². The van der Waals surface area contributed by atoms with Crippen molar-refractivity contribution in [3.05, 3.63) is 97.9 Å². The molecule has 0 fully saturated rings. The van der Waals surface area contributed by atoms with Crippen LogP contribution in [0, 0.1) is 13.8 Å². The third kappa shape index (κ3) is 11.2. The minimum Gasteiger partial charge on any atom is -0.353 e. The lowest BCUT2D eigenvalue weighted by Crippen LogP contribution is -2.17. The van der Waals surface area contributed by atoms with E-state index in [4.69, 9.17) is 46.4 Å². The lowest BCUT2D eigenvalue weighted by Gasteiger charge is -2.14. The smallest absolute Gasteiger partial charge is 0.296 e. The maximum atomic E-state index is 11.6. The average molecular weight is 841 g/mol. The predicted molar refractivity (Wildman–Crippen MR) is 205 cm³/mol. The first-order valence-corrected chi connectivity index (χ1v) is 19.5. The quantitative estimate of drug-likeness (QED) is 0.0550. The number of anilines is 5. The number of halogens is 4. The molecule has 5 aromatic rings. The van der Waals surface area contributed by atoms with Crippen molar-refractivity contribution >= 4 is 119 Å². The fourth-order valence-electron chi connectivity index (χ4n) is 4.34. The van der Waals surface area contributed by atoms with Crippen molar-refractivity contribution in [1.29, 1.82) is 0 Å². The van der Waals surface area contributed by atoms with Gasteiger partial charge in [-0.1, -0.05) is 46.4 Å². The van der Waals surface area contributed by atoms with Gasteiger partial charge in [0, 0.05) is 22.9 Å². The van der Waals surface area contributed by atoms with Crippen LogP contribution in [-0.4, -0.2) is 53.2 Å². The largest absolute Gasteiger partial charge is 0.353 e. The van der Waals surface area contributed by atoms with E-state index >= 15 is 0 Å². The Morgan fingerprint density at radius 3 is 1.62 bits per heavy atom. The standard InChI is InChI=1S/C31H26Cl4N10O6S2/c1-16-11-26(44-42-19-5-3-18(32)4-6-19)22(34)14-24(16)37-30-39-29(36-9-10-52(46,47)48)40-31(41-30)38-25-15-23(35)27(12-17(25)2)45-43-20-7-8-21(33)28(13-20)53(49,50)51/h3-8,11-15H,9-10H2,1-2H3,(H,46,47,48)(H,49,50,51)(H3,36,37,38,39,40,41). The van der Waals surface area contributed by atoms with Gasteiger partial charge in [0.2, 0.25) is 17.8 Å². The zero-order valence-corrected chi connectivity index (χ0v) is 31.9. The number of rotatable bonds is 13. The van der Waals surface area contributed by atoms with Crippen LogP contribution < -0.4 is 16.0 Å². The van der Waals surface area contributed by atoms with Crippen molar-refractivity contribution in [3.63, 3.8) is 0 Å². The third-order valence-corrected chi connectivity index (χ3v) is 9.84. The number of aryl methyl sites for hydroxylation is 2. The molecule has 0 aliphatic heterocycles. The van der Waals surface area contributed by atoms with Crippen LogP contribution in [0.3, 0.4) is 0 Å². The van der Waals surface area contributed by atoms with E-state index in [0.29, 0.717) is 38.9 Å². The SMILES string of the molecule is Cc1cc(N=Nc2ccc(Cl)cc2)c(Cl)cc1Nc1nc(NCCS(=O)(=O)O)nc(Nc2cc(Cl)c(N=Nc3ccc(Cl)c(S(=O)(=O)O)c3)cc2C)n1. The summed E-state index contributed by atoms with van der Waals surface area (Å²) in [6.07, 6.45) is 0. The first kappa shape index (κ1) is 39.7. The minimum absolute atomic E-state index is 0.0152. The van der Waals surface area contributed by atoms with Crippen LogP contribution in [0.4, 0.5) is 52.0 Å². The van der Waals surface area contributed by atoms with Crippen molar-refractivity contribution in [2.75, 3.05) is 28.2 Å². The van der Waals surface area contributed by atoms with Crippen molar-refractivity contribution < 1.29 is 25.9 Å². The van der Waals surface area contributed by atoms with E-state index in [-0.39, 0.29) is 50.8 Å². The number of benzene rings is 4. The van der Waals surface area contributed by atoms with Gasteiger partial charge < -0.3 is 16.0 Å². The Morgan fingerprint density at radius 1 is 0.623 bits per heavy atom. The fourth-order valence-corrected chi connectivity index (χ4v) is 6.22. The Balaban J connectivity index is 1.41. The maximum absolute atomic E-state index is 11.6. The van der Waals surface area contributed by atoms with Gasteiger partial charge in [-0.15, -0.1) is 10.2 Å². The third-order valence-electron chi connectivity index (χ3n) is 6.92. The molecule has 1 aromatic heterocycles. The number of hydrogen-bond donors (Lipinski definition) is 5. The molecular weight excluding hydrogens is 814 g/mol. The van der Waals surface area contributed by atoms with Crippen molar-refractivity contribution in [2.45, 2.75) is 18.7 Å². The molecule has 5 N–H and O–H groups in total. The van der Waals surface area contributed by atoms with Crippen molar-refractivity contribution in [1.82, 2.24) is 15.0 Å². The fraction of sp³-hybridized carbons (Fsp3) is 0.129. The van der Waals surface area contributed by atoms with E-state index in [1.807, 2.05) is 0 Å². The summed E-state index contributed by atoms with van der Waals surface area (Å²) in [6.45, 7) is 3.32. The number of nitrogens with zero attached hydrogens (tertiary/aromatic N) is 7. The first-order chi connectivity index (χ1) is 24.9. The van der Waals surface area contributed by atoms with Gasteiger partial charge in [-0.3, -0.25) is 9.11 Å². The highest BCUT2D eigenvalue weighted by Gasteiger charge is 2.16. The van der Waals surface area contributed by atoms with Gasteiger partial charge in [0.1, 0.15) is 16.3 Å². The highest BCUT2D eigenvalue weighted by molar-refractivity contribution is 7.86. The first-order valence-electron chi connectivity index (χ1n) is 14.9. The lowest BCUT2D eigenvalue weighted by molar-refractivity contribution is 0.481. The summed E-state index contributed by atoms with van der Waals surface area (Å²) in [4.78, 5) is 12.6. The van der Waals surface area contributed by atoms with Crippen molar-refractivity contribution in [2.24, 2.45) is 20.5 Å². The molecule has 53 heavy (non-hydrogen) atoms. The molecule has 5 rings (SSSR count). The van der Waals surface area contributed by atoms with Crippen molar-refractivity contribution in [3.8, 4) is 0 Å². The lowest BCUT2D eigenvalue weighted by atomic mass is 10.2. The molecule has 0 aliphatic rings. The van der Waals surface area contributed by atoms with Crippen LogP contribution in [0.15, 0.2) is 92.1 Å². The van der Waals surface area contributed by atoms with E-state index in [9.17, 15) is 25.9 Å². The minimum atomic E-state index is -4.59. The molecular formula is C31H26Cl4N10O6S2. The number of hydrogen-bond acceptors (Lipinski definition) is 14. The number of aromatic nitrogens is 3. The summed E-state index contributed by atoms with van der Waals surface area (Å²) in [5, 5.41) is 26.2. The summed E-state index contributed by atoms with van der Waals surface area (Å²) in [6, 6.07) is 17.0. The second-order valence-electron chi connectivity index (χ2n) is 11.0. The van der Waals surface area contributed by atoms with Gasteiger partial charge in [0.05, 0.1) is 32.2 Å². The number of azo groups is 2. The molecule has 0 aliphatic carbocycles. The highest BCUT2D eigenvalue weighted by Crippen LogP contribution is 2.36. The Labute approximate surface area is 323 Å². The molecule has 16 nitrogen and oxygen atoms in total. The zero-order valence-electron chi connectivity index (χ0n) is 27.3. The molecule has 0 saturated heterocycles. The normalized spacial score (nSPS) is 12.1. The van der Waals surface area contributed by atoms with Gasteiger partial charge in [-0.25, -0.2) is 0 Å². The molecule has 0 radical (unpaired) electrons. The Kier molecular flexibility index (Phi) is 12.5. The van der Waals surface area contributed by atoms with E-state index < -0.39 is 30.9 Å². The molecule has 0 amide bonds. The van der Waals surface area contributed by atoms with Crippen LogP contribution in [0.1, 0.15) is 11.1 Å². The van der Waals surface area contributed by atoms with Gasteiger partial charge in [-0.2, -0.15) is 42.0 Å². The predicted octanol–water partition coefficient (Wildman–Crippen LogP) is 9.97. The van der Waals surface area contributed by atoms with Gasteiger partial charge in [0.25, 0.3) is 20.2 Å². The summed E-state index contributed by atoms with van der Waals surface area (Å²) < 4.78 is 64.4. The van der Waals surface area contributed by atoms with Crippen LogP contribution in [0.25, 0.3) is 0 Å². The van der Waals surface area contributed by atoms with Gasteiger partial charge in [-0.05, 0) is 91.7 Å². The molecule has 22 heteroatoms. The monoisotopic (exact) mass is 838 g/mol. The Morgan fingerprint density at radius 2 is 1.11 bits per heavy atom. The Bertz CT molecular complexity index is 2470. The maximum Gasteiger partial charge on any atom is 0.296 e. The molecule has 0 spiro atoms. The van der Waals surface area contributed by atoms with E-state index in [0.717, 1.165) is 6.07 Å². The molecule has 276 valence electrons. The summed E-state index contributed by atoms with van der Waals surface area (Å²) >= 11 is 24.9. The molecule has 0 saturated carbocycles.